The molecule has 0 aliphatic carbocycles. The van der Waals surface area contributed by atoms with Crippen LogP contribution >= 0.6 is 11.8 Å². The van der Waals surface area contributed by atoms with Gasteiger partial charge in [-0.15, -0.1) is 11.8 Å². The summed E-state index contributed by atoms with van der Waals surface area (Å²) in [6, 6.07) is 6.72. The van der Waals surface area contributed by atoms with Crippen LogP contribution in [-0.4, -0.2) is 41.4 Å². The highest BCUT2D eigenvalue weighted by Crippen LogP contribution is 2.26. The molecule has 27 heavy (non-hydrogen) atoms. The van der Waals surface area contributed by atoms with Crippen molar-refractivity contribution >= 4 is 21.6 Å². The monoisotopic (exact) mass is 407 g/mol. The van der Waals surface area contributed by atoms with Gasteiger partial charge in [0.15, 0.2) is 0 Å². The minimum absolute atomic E-state index is 0.0877. The molecule has 0 fully saturated rings. The highest BCUT2D eigenvalue weighted by molar-refractivity contribution is 7.98. The highest BCUT2D eigenvalue weighted by atomic mass is 32.2. The molecule has 2 heterocycles. The average Bonchev–Trinajstić information content (AvgIpc) is 3.09. The summed E-state index contributed by atoms with van der Waals surface area (Å²) < 4.78 is 26.8. The van der Waals surface area contributed by atoms with Crippen LogP contribution in [0, 0.1) is 0 Å². The minimum atomic E-state index is -3.30. The van der Waals surface area contributed by atoms with Crippen molar-refractivity contribution in [2.45, 2.75) is 62.8 Å². The van der Waals surface area contributed by atoms with E-state index in [9.17, 15) is 8.42 Å². The standard InChI is InChI=1S/C20H29N3O2S2/c1-4-6-10-23-18(13-21-20(23)27(24,25)5-2)15-22-11-9-16-12-19(26-3)8-7-17(16)14-22/h7-8,12-13H,4-6,9-11,14-15H2,1-3H3. The number of benzene rings is 1. The number of sulfone groups is 1. The molecule has 0 radical (unpaired) electrons. The number of nitrogens with zero attached hydrogens (tertiary/aromatic N) is 3. The Bertz CT molecular complexity index is 891. The zero-order valence-electron chi connectivity index (χ0n) is 16.4. The zero-order valence-corrected chi connectivity index (χ0v) is 18.1. The first-order valence-corrected chi connectivity index (χ1v) is 12.5. The molecule has 1 aromatic carbocycles. The van der Waals surface area contributed by atoms with E-state index in [1.165, 1.54) is 16.0 Å². The molecule has 0 spiro atoms. The van der Waals surface area contributed by atoms with Crippen LogP contribution < -0.4 is 0 Å². The summed E-state index contributed by atoms with van der Waals surface area (Å²) in [6.07, 6.45) is 6.88. The SMILES string of the molecule is CCCCn1c(CN2CCc3cc(SC)ccc3C2)cnc1S(=O)(=O)CC. The first-order valence-electron chi connectivity index (χ1n) is 9.63. The minimum Gasteiger partial charge on any atom is -0.318 e. The van der Waals surface area contributed by atoms with Gasteiger partial charge in [-0.25, -0.2) is 13.4 Å². The highest BCUT2D eigenvalue weighted by Gasteiger charge is 2.23. The molecular weight excluding hydrogens is 378 g/mol. The molecule has 0 unspecified atom stereocenters. The van der Waals surface area contributed by atoms with Crippen molar-refractivity contribution in [2.75, 3.05) is 18.6 Å². The van der Waals surface area contributed by atoms with Crippen molar-refractivity contribution in [2.24, 2.45) is 0 Å². The number of hydrogen-bond acceptors (Lipinski definition) is 5. The van der Waals surface area contributed by atoms with Crippen molar-refractivity contribution in [3.05, 3.63) is 41.2 Å². The summed E-state index contributed by atoms with van der Waals surface area (Å²) in [5.74, 6) is 0.0877. The number of unbranched alkanes of at least 4 members (excludes halogenated alkanes) is 1. The second-order valence-corrected chi connectivity index (χ2v) is 10.1. The average molecular weight is 408 g/mol. The van der Waals surface area contributed by atoms with Gasteiger partial charge in [-0.3, -0.25) is 4.90 Å². The molecule has 2 aromatic rings. The lowest BCUT2D eigenvalue weighted by atomic mass is 10.00. The van der Waals surface area contributed by atoms with E-state index in [0.717, 1.165) is 44.6 Å². The Morgan fingerprint density at radius 1 is 1.22 bits per heavy atom. The molecule has 0 atom stereocenters. The summed E-state index contributed by atoms with van der Waals surface area (Å²) in [7, 11) is -3.30. The number of thioether (sulfide) groups is 1. The topological polar surface area (TPSA) is 55.2 Å². The molecule has 0 saturated carbocycles. The van der Waals surface area contributed by atoms with Gasteiger partial charge in [-0.1, -0.05) is 26.3 Å². The van der Waals surface area contributed by atoms with Gasteiger partial charge in [0.25, 0.3) is 0 Å². The first-order chi connectivity index (χ1) is 13.0. The Hall–Kier alpha value is -1.31. The molecule has 0 bridgehead atoms. The summed E-state index contributed by atoms with van der Waals surface area (Å²) in [4.78, 5) is 8.00. The van der Waals surface area contributed by atoms with Crippen molar-refractivity contribution in [3.63, 3.8) is 0 Å². The van der Waals surface area contributed by atoms with E-state index in [0.29, 0.717) is 6.54 Å². The van der Waals surface area contributed by atoms with Gasteiger partial charge in [0.1, 0.15) is 0 Å². The molecule has 1 aromatic heterocycles. The molecule has 1 aliphatic rings. The lowest BCUT2D eigenvalue weighted by Crippen LogP contribution is -2.31. The van der Waals surface area contributed by atoms with Crippen molar-refractivity contribution in [1.29, 1.82) is 0 Å². The molecule has 0 amide bonds. The number of fused-ring (bicyclic) bond motifs is 1. The first kappa shape index (κ1) is 20.4. The second kappa shape index (κ2) is 8.80. The van der Waals surface area contributed by atoms with Gasteiger partial charge in [0.05, 0.1) is 17.6 Å². The van der Waals surface area contributed by atoms with Gasteiger partial charge in [-0.2, -0.15) is 0 Å². The molecule has 148 valence electrons. The summed E-state index contributed by atoms with van der Waals surface area (Å²) in [6.45, 7) is 7.13. The van der Waals surface area contributed by atoms with Gasteiger partial charge in [0, 0.05) is 31.1 Å². The fourth-order valence-corrected chi connectivity index (χ4v) is 5.01. The van der Waals surface area contributed by atoms with E-state index in [1.54, 1.807) is 24.9 Å². The predicted octanol–water partition coefficient (Wildman–Crippen LogP) is 3.76. The fraction of sp³-hybridized carbons (Fsp3) is 0.550. The van der Waals surface area contributed by atoms with Crippen molar-refractivity contribution in [3.8, 4) is 0 Å². The zero-order chi connectivity index (χ0) is 19.4. The van der Waals surface area contributed by atoms with E-state index >= 15 is 0 Å². The van der Waals surface area contributed by atoms with E-state index < -0.39 is 9.84 Å². The Morgan fingerprint density at radius 2 is 2.04 bits per heavy atom. The summed E-state index contributed by atoms with van der Waals surface area (Å²) in [5, 5.41) is 0.232. The number of imidazole rings is 1. The number of hydrogen-bond donors (Lipinski definition) is 0. The van der Waals surface area contributed by atoms with E-state index in [4.69, 9.17) is 0 Å². The van der Waals surface area contributed by atoms with E-state index in [-0.39, 0.29) is 10.9 Å². The predicted molar refractivity (Wildman–Crippen MR) is 111 cm³/mol. The normalized spacial score (nSPS) is 15.1. The van der Waals surface area contributed by atoms with Gasteiger partial charge < -0.3 is 4.57 Å². The number of aromatic nitrogens is 2. The number of rotatable bonds is 8. The molecule has 0 saturated heterocycles. The van der Waals surface area contributed by atoms with Crippen molar-refractivity contribution in [1.82, 2.24) is 14.5 Å². The van der Waals surface area contributed by atoms with Gasteiger partial charge in [-0.05, 0) is 42.4 Å². The Balaban J connectivity index is 1.81. The quantitative estimate of drug-likeness (QED) is 0.624. The van der Waals surface area contributed by atoms with Crippen LogP contribution in [0.4, 0.5) is 0 Å². The molecule has 5 nitrogen and oxygen atoms in total. The maximum Gasteiger partial charge on any atom is 0.227 e. The van der Waals surface area contributed by atoms with Crippen LogP contribution in [0.5, 0.6) is 0 Å². The molecule has 3 rings (SSSR count). The molecular formula is C20H29N3O2S2. The molecule has 0 N–H and O–H groups in total. The van der Waals surface area contributed by atoms with Crippen LogP contribution in [-0.2, 0) is 35.9 Å². The third-order valence-corrected chi connectivity index (χ3v) is 7.55. The summed E-state index contributed by atoms with van der Waals surface area (Å²) in [5.41, 5.74) is 3.81. The van der Waals surface area contributed by atoms with Crippen LogP contribution in [0.3, 0.4) is 0 Å². The van der Waals surface area contributed by atoms with Crippen LogP contribution in [0.2, 0.25) is 0 Å². The maximum absolute atomic E-state index is 12.4. The Kier molecular flexibility index (Phi) is 6.65. The van der Waals surface area contributed by atoms with Gasteiger partial charge >= 0.3 is 0 Å². The van der Waals surface area contributed by atoms with E-state index in [1.807, 2.05) is 4.57 Å². The van der Waals surface area contributed by atoms with Crippen molar-refractivity contribution < 1.29 is 8.42 Å². The smallest absolute Gasteiger partial charge is 0.227 e. The Labute approximate surface area is 167 Å². The van der Waals surface area contributed by atoms with Crippen LogP contribution in [0.1, 0.15) is 43.5 Å². The lowest BCUT2D eigenvalue weighted by molar-refractivity contribution is 0.238. The van der Waals surface area contributed by atoms with Crippen LogP contribution in [0.15, 0.2) is 34.4 Å². The largest absolute Gasteiger partial charge is 0.318 e. The second-order valence-electron chi connectivity index (χ2n) is 7.04. The maximum atomic E-state index is 12.4. The Morgan fingerprint density at radius 3 is 2.74 bits per heavy atom. The van der Waals surface area contributed by atoms with Gasteiger partial charge in [0.2, 0.25) is 15.0 Å². The third kappa shape index (κ3) is 4.58. The molecule has 7 heteroatoms. The summed E-state index contributed by atoms with van der Waals surface area (Å²) >= 11 is 1.78. The molecule has 1 aliphatic heterocycles. The fourth-order valence-electron chi connectivity index (χ4n) is 3.53. The van der Waals surface area contributed by atoms with E-state index in [2.05, 4.69) is 41.3 Å². The van der Waals surface area contributed by atoms with Crippen LogP contribution in [0.25, 0.3) is 0 Å². The lowest BCUT2D eigenvalue weighted by Gasteiger charge is -2.29. The third-order valence-electron chi connectivity index (χ3n) is 5.19.